The normalized spacial score (nSPS) is 15.7. The third-order valence-corrected chi connectivity index (χ3v) is 5.33. The first-order valence-corrected chi connectivity index (χ1v) is 9.00. The number of carbonyl (C=O) groups is 1. The number of amides is 1. The molecular weight excluding hydrogens is 322 g/mol. The van der Waals surface area contributed by atoms with Crippen LogP contribution in [0.3, 0.4) is 0 Å². The average Bonchev–Trinajstić information content (AvgIpc) is 2.97. The van der Waals surface area contributed by atoms with Gasteiger partial charge in [-0.3, -0.25) is 9.69 Å². The first kappa shape index (κ1) is 17.1. The second kappa shape index (κ2) is 7.88. The molecule has 2 heterocycles. The molecule has 1 aliphatic heterocycles. The summed E-state index contributed by atoms with van der Waals surface area (Å²) in [5.41, 5.74) is 2.13. The highest BCUT2D eigenvalue weighted by atomic mass is 32.1. The Labute approximate surface area is 146 Å². The molecule has 0 atom stereocenters. The molecule has 0 bridgehead atoms. The third kappa shape index (κ3) is 4.01. The fourth-order valence-corrected chi connectivity index (χ4v) is 3.93. The van der Waals surface area contributed by atoms with Gasteiger partial charge >= 0.3 is 0 Å². The zero-order chi connectivity index (χ0) is 16.9. The zero-order valence-corrected chi connectivity index (χ0v) is 15.0. The molecule has 1 aliphatic rings. The van der Waals surface area contributed by atoms with E-state index in [2.05, 4.69) is 34.1 Å². The number of hydrogen-bond donors (Lipinski definition) is 0. The zero-order valence-electron chi connectivity index (χ0n) is 14.2. The van der Waals surface area contributed by atoms with Gasteiger partial charge in [0.05, 0.1) is 12.3 Å². The van der Waals surface area contributed by atoms with Gasteiger partial charge in [-0.2, -0.15) is 0 Å². The van der Waals surface area contributed by atoms with E-state index in [-0.39, 0.29) is 5.91 Å². The van der Waals surface area contributed by atoms with E-state index in [0.29, 0.717) is 6.61 Å². The van der Waals surface area contributed by atoms with E-state index >= 15 is 0 Å². The van der Waals surface area contributed by atoms with Crippen molar-refractivity contribution < 1.29 is 9.53 Å². The molecule has 0 saturated carbocycles. The maximum absolute atomic E-state index is 12.7. The van der Waals surface area contributed by atoms with Crippen molar-refractivity contribution in [1.82, 2.24) is 14.8 Å². The van der Waals surface area contributed by atoms with Crippen molar-refractivity contribution in [2.24, 2.45) is 0 Å². The lowest BCUT2D eigenvalue weighted by Crippen LogP contribution is -2.48. The lowest BCUT2D eigenvalue weighted by Gasteiger charge is -2.34. The highest BCUT2D eigenvalue weighted by Gasteiger charge is 2.25. The fraction of sp³-hybridized carbons (Fsp3) is 0.444. The van der Waals surface area contributed by atoms with Crippen molar-refractivity contribution in [3.63, 3.8) is 0 Å². The SMILES string of the molecule is COCc1nc(C)c(C(=O)N2CCN(Cc3ccccc3)CC2)s1. The summed E-state index contributed by atoms with van der Waals surface area (Å²) in [5, 5.41) is 0.862. The van der Waals surface area contributed by atoms with Gasteiger partial charge in [-0.1, -0.05) is 30.3 Å². The number of hydrogen-bond acceptors (Lipinski definition) is 5. The molecule has 3 rings (SSSR count). The van der Waals surface area contributed by atoms with Gasteiger partial charge in [0.1, 0.15) is 9.88 Å². The van der Waals surface area contributed by atoms with Gasteiger partial charge in [-0.15, -0.1) is 11.3 Å². The summed E-state index contributed by atoms with van der Waals surface area (Å²) in [6.45, 7) is 6.65. The fourth-order valence-electron chi connectivity index (χ4n) is 2.93. The van der Waals surface area contributed by atoms with Gasteiger partial charge in [0.15, 0.2) is 0 Å². The van der Waals surface area contributed by atoms with Crippen LogP contribution in [0.1, 0.15) is 25.9 Å². The van der Waals surface area contributed by atoms with E-state index in [0.717, 1.165) is 48.3 Å². The summed E-state index contributed by atoms with van der Waals surface area (Å²) in [6.07, 6.45) is 0. The quantitative estimate of drug-likeness (QED) is 0.835. The van der Waals surface area contributed by atoms with E-state index in [4.69, 9.17) is 4.74 Å². The van der Waals surface area contributed by atoms with Crippen LogP contribution in [0.15, 0.2) is 30.3 Å². The first-order valence-electron chi connectivity index (χ1n) is 8.18. The topological polar surface area (TPSA) is 45.7 Å². The number of piperazine rings is 1. The minimum atomic E-state index is 0.103. The molecule has 0 aliphatic carbocycles. The summed E-state index contributed by atoms with van der Waals surface area (Å²) >= 11 is 1.45. The monoisotopic (exact) mass is 345 g/mol. The van der Waals surface area contributed by atoms with Crippen molar-refractivity contribution in [2.45, 2.75) is 20.1 Å². The van der Waals surface area contributed by atoms with Gasteiger partial charge in [0.2, 0.25) is 0 Å². The summed E-state index contributed by atoms with van der Waals surface area (Å²) in [5.74, 6) is 0.103. The second-order valence-electron chi connectivity index (χ2n) is 6.01. The molecule has 0 spiro atoms. The summed E-state index contributed by atoms with van der Waals surface area (Å²) in [6, 6.07) is 10.5. The Morgan fingerprint density at radius 2 is 1.92 bits per heavy atom. The molecule has 0 unspecified atom stereocenters. The predicted octanol–water partition coefficient (Wildman–Crippen LogP) is 2.56. The van der Waals surface area contributed by atoms with Crippen molar-refractivity contribution in [2.75, 3.05) is 33.3 Å². The minimum Gasteiger partial charge on any atom is -0.378 e. The molecule has 0 radical (unpaired) electrons. The Bertz CT molecular complexity index is 679. The molecule has 5 nitrogen and oxygen atoms in total. The van der Waals surface area contributed by atoms with Crippen LogP contribution in [0, 0.1) is 6.92 Å². The largest absolute Gasteiger partial charge is 0.378 e. The molecule has 1 amide bonds. The van der Waals surface area contributed by atoms with Crippen molar-refractivity contribution in [3.05, 3.63) is 51.5 Å². The Hall–Kier alpha value is -1.76. The molecule has 24 heavy (non-hydrogen) atoms. The van der Waals surface area contributed by atoms with E-state index < -0.39 is 0 Å². The molecule has 1 aromatic carbocycles. The summed E-state index contributed by atoms with van der Waals surface area (Å²) in [4.78, 5) is 22.3. The van der Waals surface area contributed by atoms with Crippen molar-refractivity contribution in [3.8, 4) is 0 Å². The molecule has 0 N–H and O–H groups in total. The molecular formula is C18H23N3O2S. The van der Waals surface area contributed by atoms with Crippen LogP contribution in [-0.2, 0) is 17.9 Å². The van der Waals surface area contributed by atoms with Crippen molar-refractivity contribution in [1.29, 1.82) is 0 Å². The summed E-state index contributed by atoms with van der Waals surface area (Å²) < 4.78 is 5.11. The van der Waals surface area contributed by atoms with Crippen LogP contribution < -0.4 is 0 Å². The van der Waals surface area contributed by atoms with E-state index in [9.17, 15) is 4.79 Å². The van der Waals surface area contributed by atoms with E-state index in [1.54, 1.807) is 7.11 Å². The van der Waals surface area contributed by atoms with Gasteiger partial charge in [-0.05, 0) is 12.5 Å². The maximum atomic E-state index is 12.7. The number of aromatic nitrogens is 1. The predicted molar refractivity (Wildman–Crippen MR) is 95.2 cm³/mol. The highest BCUT2D eigenvalue weighted by molar-refractivity contribution is 7.13. The molecule has 2 aromatic rings. The van der Waals surface area contributed by atoms with Crippen LogP contribution in [0.4, 0.5) is 0 Å². The minimum absolute atomic E-state index is 0.103. The van der Waals surface area contributed by atoms with E-state index in [1.165, 1.54) is 16.9 Å². The van der Waals surface area contributed by atoms with Crippen LogP contribution >= 0.6 is 11.3 Å². The molecule has 128 valence electrons. The molecule has 1 aromatic heterocycles. The Morgan fingerprint density at radius 3 is 2.58 bits per heavy atom. The number of thiazole rings is 1. The lowest BCUT2D eigenvalue weighted by atomic mass is 10.2. The lowest BCUT2D eigenvalue weighted by molar-refractivity contribution is 0.0632. The van der Waals surface area contributed by atoms with Crippen LogP contribution in [0.5, 0.6) is 0 Å². The summed E-state index contributed by atoms with van der Waals surface area (Å²) in [7, 11) is 1.64. The Morgan fingerprint density at radius 1 is 1.21 bits per heavy atom. The van der Waals surface area contributed by atoms with E-state index in [1.807, 2.05) is 17.9 Å². The van der Waals surface area contributed by atoms with Gasteiger partial charge < -0.3 is 9.64 Å². The Balaban J connectivity index is 1.57. The second-order valence-corrected chi connectivity index (χ2v) is 7.09. The van der Waals surface area contributed by atoms with Gasteiger partial charge in [0, 0.05) is 39.8 Å². The number of carbonyl (C=O) groups excluding carboxylic acids is 1. The average molecular weight is 345 g/mol. The van der Waals surface area contributed by atoms with Crippen LogP contribution in [0.25, 0.3) is 0 Å². The number of methoxy groups -OCH3 is 1. The highest BCUT2D eigenvalue weighted by Crippen LogP contribution is 2.21. The molecule has 6 heteroatoms. The standard InChI is InChI=1S/C18H23N3O2S/c1-14-17(24-16(19-14)13-23-2)18(22)21-10-8-20(9-11-21)12-15-6-4-3-5-7-15/h3-7H,8-13H2,1-2H3. The van der Waals surface area contributed by atoms with Crippen LogP contribution in [0.2, 0.25) is 0 Å². The smallest absolute Gasteiger partial charge is 0.265 e. The Kier molecular flexibility index (Phi) is 5.60. The molecule has 1 fully saturated rings. The molecule has 1 saturated heterocycles. The van der Waals surface area contributed by atoms with Crippen LogP contribution in [-0.4, -0.2) is 54.0 Å². The number of nitrogens with zero attached hydrogens (tertiary/aromatic N) is 3. The maximum Gasteiger partial charge on any atom is 0.265 e. The number of benzene rings is 1. The first-order chi connectivity index (χ1) is 11.7. The number of ether oxygens (including phenoxy) is 1. The van der Waals surface area contributed by atoms with Gasteiger partial charge in [0.25, 0.3) is 5.91 Å². The van der Waals surface area contributed by atoms with Crippen molar-refractivity contribution >= 4 is 17.2 Å². The van der Waals surface area contributed by atoms with Gasteiger partial charge in [-0.25, -0.2) is 4.98 Å². The number of rotatable bonds is 5. The third-order valence-electron chi connectivity index (χ3n) is 4.21. The number of aryl methyl sites for hydroxylation is 1.